The number of nitrogen functional groups attached to an aromatic ring is 1. The lowest BCUT2D eigenvalue weighted by molar-refractivity contribution is -0.363. The molecule has 0 aliphatic rings. The zero-order chi connectivity index (χ0) is 12.5. The first-order valence-electron chi connectivity index (χ1n) is 3.87. The van der Waals surface area contributed by atoms with Gasteiger partial charge in [-0.05, 0) is 0 Å². The van der Waals surface area contributed by atoms with Crippen molar-refractivity contribution in [2.75, 3.05) is 5.73 Å². The Morgan fingerprint density at radius 3 is 2.56 bits per heavy atom. The number of ether oxygens (including phenoxy) is 1. The first-order chi connectivity index (χ1) is 7.26. The normalized spacial score (nSPS) is 13.5. The van der Waals surface area contributed by atoms with Crippen molar-refractivity contribution in [2.24, 2.45) is 7.05 Å². The van der Waals surface area contributed by atoms with Crippen LogP contribution in [0.2, 0.25) is 0 Å². The summed E-state index contributed by atoms with van der Waals surface area (Å²) in [5.41, 5.74) is 4.03. The highest BCUT2D eigenvalue weighted by Gasteiger charge is 2.37. The molecule has 0 saturated carbocycles. The first-order valence-corrected chi connectivity index (χ1v) is 3.87. The number of anilines is 1. The van der Waals surface area contributed by atoms with Crippen molar-refractivity contribution in [1.82, 2.24) is 9.78 Å². The van der Waals surface area contributed by atoms with E-state index in [4.69, 9.17) is 11.0 Å². The first kappa shape index (κ1) is 12.3. The number of nitriles is 1. The number of alkyl halides is 4. The fourth-order valence-corrected chi connectivity index (χ4v) is 1.01. The predicted molar refractivity (Wildman–Crippen MR) is 43.3 cm³/mol. The second-order valence-electron chi connectivity index (χ2n) is 2.76. The van der Waals surface area contributed by atoms with Crippen LogP contribution in [0.15, 0.2) is 0 Å². The third-order valence-electron chi connectivity index (χ3n) is 1.68. The number of nitrogens with two attached hydrogens (primary N) is 1. The molecule has 0 aliphatic carbocycles. The summed E-state index contributed by atoms with van der Waals surface area (Å²) in [6.45, 7) is 0. The molecule has 1 atom stereocenters. The van der Waals surface area contributed by atoms with E-state index in [1.165, 1.54) is 13.1 Å². The van der Waals surface area contributed by atoms with Crippen molar-refractivity contribution >= 4 is 5.82 Å². The van der Waals surface area contributed by atoms with E-state index in [-0.39, 0.29) is 5.82 Å². The molecule has 0 aromatic carbocycles. The largest absolute Gasteiger partial charge is 0.525 e. The van der Waals surface area contributed by atoms with E-state index < -0.39 is 24.0 Å². The Bertz CT molecular complexity index is 433. The third-order valence-corrected chi connectivity index (χ3v) is 1.68. The summed E-state index contributed by atoms with van der Waals surface area (Å²) in [4.78, 5) is 0. The molecule has 0 saturated heterocycles. The fraction of sp³-hybridized carbons (Fsp3) is 0.429. The second-order valence-corrected chi connectivity index (χ2v) is 2.76. The highest BCUT2D eigenvalue weighted by atomic mass is 19.4. The highest BCUT2D eigenvalue weighted by Crippen LogP contribution is 2.31. The Hall–Kier alpha value is -1.82. The quantitative estimate of drug-likeness (QED) is 0.789. The van der Waals surface area contributed by atoms with Gasteiger partial charge in [-0.3, -0.25) is 9.42 Å². The third kappa shape index (κ3) is 2.40. The molecule has 2 N–H and O–H groups in total. The van der Waals surface area contributed by atoms with Crippen LogP contribution in [-0.2, 0) is 11.8 Å². The van der Waals surface area contributed by atoms with Crippen LogP contribution in [0.4, 0.5) is 23.4 Å². The van der Waals surface area contributed by atoms with Crippen LogP contribution in [0.1, 0.15) is 17.6 Å². The topological polar surface area (TPSA) is 76.9 Å². The molecule has 1 rings (SSSR count). The molecule has 1 aromatic rings. The van der Waals surface area contributed by atoms with Gasteiger partial charge in [-0.2, -0.15) is 10.4 Å². The van der Waals surface area contributed by atoms with Gasteiger partial charge in [0.15, 0.2) is 0 Å². The minimum absolute atomic E-state index is 0.231. The van der Waals surface area contributed by atoms with Crippen LogP contribution in [0.25, 0.3) is 0 Å². The van der Waals surface area contributed by atoms with Crippen LogP contribution in [0.3, 0.4) is 0 Å². The summed E-state index contributed by atoms with van der Waals surface area (Å²) in [5.74, 6) is -0.231. The highest BCUT2D eigenvalue weighted by molar-refractivity contribution is 5.52. The minimum Gasteiger partial charge on any atom is -0.383 e. The summed E-state index contributed by atoms with van der Waals surface area (Å²) >= 11 is 0. The van der Waals surface area contributed by atoms with Gasteiger partial charge in [0, 0.05) is 7.05 Å². The molecule has 1 unspecified atom stereocenters. The Morgan fingerprint density at radius 2 is 2.12 bits per heavy atom. The number of hydrogen-bond acceptors (Lipinski definition) is 4. The molecule has 0 spiro atoms. The van der Waals surface area contributed by atoms with E-state index >= 15 is 0 Å². The molecule has 16 heavy (non-hydrogen) atoms. The molecule has 5 nitrogen and oxygen atoms in total. The molecule has 1 aromatic heterocycles. The summed E-state index contributed by atoms with van der Waals surface area (Å²) in [7, 11) is 1.26. The van der Waals surface area contributed by atoms with E-state index in [1.807, 2.05) is 0 Å². The van der Waals surface area contributed by atoms with Gasteiger partial charge >= 0.3 is 6.36 Å². The van der Waals surface area contributed by atoms with Gasteiger partial charge in [-0.15, -0.1) is 13.2 Å². The van der Waals surface area contributed by atoms with Crippen LogP contribution in [-0.4, -0.2) is 16.1 Å². The number of nitrogens with zero attached hydrogens (tertiary/aromatic N) is 3. The summed E-state index contributed by atoms with van der Waals surface area (Å²) in [5, 5.41) is 11.9. The Balaban J connectivity index is 3.06. The van der Waals surface area contributed by atoms with Crippen LogP contribution in [0.5, 0.6) is 0 Å². The maximum atomic E-state index is 13.0. The number of aryl methyl sites for hydroxylation is 1. The van der Waals surface area contributed by atoms with Crippen molar-refractivity contribution in [2.45, 2.75) is 12.7 Å². The monoisotopic (exact) mass is 238 g/mol. The van der Waals surface area contributed by atoms with Crippen molar-refractivity contribution < 1.29 is 22.3 Å². The van der Waals surface area contributed by atoms with Gasteiger partial charge in [0.05, 0.1) is 0 Å². The maximum absolute atomic E-state index is 13.0. The molecule has 0 radical (unpaired) electrons. The summed E-state index contributed by atoms with van der Waals surface area (Å²) in [6, 6.07) is 1.46. The molecule has 1 heterocycles. The van der Waals surface area contributed by atoms with Crippen molar-refractivity contribution in [1.29, 1.82) is 5.26 Å². The number of rotatable bonds is 2. The van der Waals surface area contributed by atoms with Crippen molar-refractivity contribution in [3.8, 4) is 6.07 Å². The van der Waals surface area contributed by atoms with Gasteiger partial charge in [0.1, 0.15) is 23.1 Å². The molecular weight excluding hydrogens is 232 g/mol. The van der Waals surface area contributed by atoms with Gasteiger partial charge in [-0.25, -0.2) is 4.39 Å². The fourth-order valence-electron chi connectivity index (χ4n) is 1.01. The summed E-state index contributed by atoms with van der Waals surface area (Å²) < 4.78 is 52.2. The predicted octanol–water partition coefficient (Wildman–Crippen LogP) is 1.38. The Morgan fingerprint density at radius 1 is 1.56 bits per heavy atom. The van der Waals surface area contributed by atoms with Crippen LogP contribution in [0, 0.1) is 11.3 Å². The number of hydrogen-bond donors (Lipinski definition) is 1. The van der Waals surface area contributed by atoms with Gasteiger partial charge in [0.25, 0.3) is 6.36 Å². The lowest BCUT2D eigenvalue weighted by Crippen LogP contribution is -2.16. The zero-order valence-electron chi connectivity index (χ0n) is 7.92. The Kier molecular flexibility index (Phi) is 3.04. The lowest BCUT2D eigenvalue weighted by Gasteiger charge is -2.09. The second kappa shape index (κ2) is 3.97. The van der Waals surface area contributed by atoms with Crippen LogP contribution >= 0.6 is 0 Å². The van der Waals surface area contributed by atoms with E-state index in [2.05, 4.69) is 9.84 Å². The Labute approximate surface area is 87.0 Å². The van der Waals surface area contributed by atoms with E-state index in [1.54, 1.807) is 0 Å². The minimum atomic E-state index is -5.15. The molecular formula is C7H6F4N4O. The van der Waals surface area contributed by atoms with Gasteiger partial charge < -0.3 is 5.73 Å². The van der Waals surface area contributed by atoms with Crippen LogP contribution < -0.4 is 5.73 Å². The zero-order valence-corrected chi connectivity index (χ0v) is 7.92. The van der Waals surface area contributed by atoms with Crippen molar-refractivity contribution in [3.63, 3.8) is 0 Å². The molecule has 0 bridgehead atoms. The van der Waals surface area contributed by atoms with Crippen molar-refractivity contribution in [3.05, 3.63) is 11.3 Å². The maximum Gasteiger partial charge on any atom is 0.525 e. The smallest absolute Gasteiger partial charge is 0.383 e. The standard InChI is InChI=1S/C7H6F4N4O/c1-15-6(13)3(2-12)4(14-15)5(8)16-7(9,10)11/h5H,13H2,1H3. The number of aromatic nitrogens is 2. The van der Waals surface area contributed by atoms with E-state index in [0.29, 0.717) is 0 Å². The average molecular weight is 238 g/mol. The molecule has 0 fully saturated rings. The molecule has 0 aliphatic heterocycles. The lowest BCUT2D eigenvalue weighted by atomic mass is 10.2. The number of halogens is 4. The summed E-state index contributed by atoms with van der Waals surface area (Å²) in [6.07, 6.45) is -8.03. The van der Waals surface area contributed by atoms with E-state index in [0.717, 1.165) is 4.68 Å². The molecule has 0 amide bonds. The van der Waals surface area contributed by atoms with Gasteiger partial charge in [-0.1, -0.05) is 0 Å². The molecule has 88 valence electrons. The molecule has 9 heteroatoms. The SMILES string of the molecule is Cn1nc(C(F)OC(F)(F)F)c(C#N)c1N. The average Bonchev–Trinajstić information content (AvgIpc) is 2.40. The van der Waals surface area contributed by atoms with Gasteiger partial charge in [0.2, 0.25) is 0 Å². The van der Waals surface area contributed by atoms with E-state index in [9.17, 15) is 17.6 Å².